The summed E-state index contributed by atoms with van der Waals surface area (Å²) in [6.07, 6.45) is 3.98. The van der Waals surface area contributed by atoms with E-state index >= 15 is 0 Å². The fraction of sp³-hybridized carbons (Fsp3) is 0.636. The number of halogens is 2. The van der Waals surface area contributed by atoms with Crippen molar-refractivity contribution < 1.29 is 8.42 Å². The van der Waals surface area contributed by atoms with Gasteiger partial charge in [-0.2, -0.15) is 0 Å². The van der Waals surface area contributed by atoms with Crippen LogP contribution in [0, 0.1) is 5.92 Å². The molecule has 1 aromatic heterocycles. The predicted molar refractivity (Wildman–Crippen MR) is 78.8 cm³/mol. The van der Waals surface area contributed by atoms with Gasteiger partial charge in [-0.3, -0.25) is 0 Å². The molecule has 0 spiro atoms. The van der Waals surface area contributed by atoms with E-state index in [0.717, 1.165) is 29.5 Å². The Kier molecular flexibility index (Phi) is 5.11. The van der Waals surface area contributed by atoms with Gasteiger partial charge in [0.25, 0.3) is 0 Å². The van der Waals surface area contributed by atoms with Gasteiger partial charge in [0.1, 0.15) is 4.21 Å². The monoisotopic (exact) mass is 371 g/mol. The van der Waals surface area contributed by atoms with Crippen molar-refractivity contribution in [3.05, 3.63) is 15.9 Å². The van der Waals surface area contributed by atoms with Crippen LogP contribution in [0.4, 0.5) is 0 Å². The van der Waals surface area contributed by atoms with Gasteiger partial charge in [-0.25, -0.2) is 13.1 Å². The van der Waals surface area contributed by atoms with Crippen LogP contribution in [-0.2, 0) is 10.0 Å². The highest BCUT2D eigenvalue weighted by Crippen LogP contribution is 2.28. The van der Waals surface area contributed by atoms with E-state index in [9.17, 15) is 8.42 Å². The summed E-state index contributed by atoms with van der Waals surface area (Å²) in [5, 5.41) is 0.270. The second kappa shape index (κ2) is 6.22. The number of sulfonamides is 1. The van der Waals surface area contributed by atoms with E-state index in [2.05, 4.69) is 20.7 Å². The van der Waals surface area contributed by atoms with Crippen molar-refractivity contribution in [3.63, 3.8) is 0 Å². The van der Waals surface area contributed by atoms with Gasteiger partial charge in [0.15, 0.2) is 0 Å². The Hall–Kier alpha value is 0.380. The summed E-state index contributed by atoms with van der Waals surface area (Å²) in [6.45, 7) is 0.515. The summed E-state index contributed by atoms with van der Waals surface area (Å²) in [5.74, 6) is 0.415. The van der Waals surface area contributed by atoms with E-state index in [-0.39, 0.29) is 5.38 Å². The van der Waals surface area contributed by atoms with Crippen molar-refractivity contribution in [3.8, 4) is 0 Å². The molecule has 1 N–H and O–H groups in total. The summed E-state index contributed by atoms with van der Waals surface area (Å²) in [4.78, 5) is 0. The average molecular weight is 373 g/mol. The Morgan fingerprint density at radius 1 is 1.33 bits per heavy atom. The molecule has 0 amide bonds. The minimum absolute atomic E-state index is 0.270. The topological polar surface area (TPSA) is 46.2 Å². The molecule has 7 heteroatoms. The third-order valence-electron chi connectivity index (χ3n) is 3.15. The molecular weight excluding hydrogens is 358 g/mol. The SMILES string of the molecule is O=S(=O)(NCC1CCC(Cl)CC1)c1ccc(Br)s1. The van der Waals surface area contributed by atoms with Crippen LogP contribution in [0.1, 0.15) is 25.7 Å². The predicted octanol–water partition coefficient (Wildman–Crippen LogP) is 3.59. The first-order valence-electron chi connectivity index (χ1n) is 5.86. The summed E-state index contributed by atoms with van der Waals surface area (Å²) >= 11 is 10.5. The van der Waals surface area contributed by atoms with Gasteiger partial charge in [0.05, 0.1) is 3.79 Å². The molecular formula is C11H15BrClNO2S2. The molecule has 2 rings (SSSR count). The number of rotatable bonds is 4. The van der Waals surface area contributed by atoms with E-state index in [1.807, 2.05) is 0 Å². The molecule has 1 aliphatic rings. The third-order valence-corrected chi connectivity index (χ3v) is 7.13. The molecule has 1 saturated carbocycles. The van der Waals surface area contributed by atoms with Crippen LogP contribution in [-0.4, -0.2) is 20.3 Å². The van der Waals surface area contributed by atoms with Crippen molar-refractivity contribution in [1.82, 2.24) is 4.72 Å². The van der Waals surface area contributed by atoms with Crippen molar-refractivity contribution >= 4 is 48.9 Å². The number of nitrogens with one attached hydrogen (secondary N) is 1. The Morgan fingerprint density at radius 3 is 2.56 bits per heavy atom. The quantitative estimate of drug-likeness (QED) is 0.821. The zero-order chi connectivity index (χ0) is 13.2. The molecule has 0 unspecified atom stereocenters. The van der Waals surface area contributed by atoms with E-state index in [1.54, 1.807) is 12.1 Å². The van der Waals surface area contributed by atoms with Crippen LogP contribution >= 0.6 is 38.9 Å². The maximum atomic E-state index is 12.0. The second-order valence-corrected chi connectivity index (χ2v) is 9.60. The lowest BCUT2D eigenvalue weighted by Gasteiger charge is -2.24. The molecule has 0 aliphatic heterocycles. The Morgan fingerprint density at radius 2 is 2.00 bits per heavy atom. The fourth-order valence-corrected chi connectivity index (χ4v) is 5.49. The van der Waals surface area contributed by atoms with Crippen LogP contribution in [0.15, 0.2) is 20.1 Å². The maximum Gasteiger partial charge on any atom is 0.250 e. The molecule has 0 saturated heterocycles. The van der Waals surface area contributed by atoms with E-state index in [4.69, 9.17) is 11.6 Å². The first-order chi connectivity index (χ1) is 8.47. The lowest BCUT2D eigenvalue weighted by Crippen LogP contribution is -2.31. The molecule has 1 aromatic rings. The van der Waals surface area contributed by atoms with E-state index in [0.29, 0.717) is 16.7 Å². The lowest BCUT2D eigenvalue weighted by atomic mass is 9.89. The van der Waals surface area contributed by atoms with Gasteiger partial charge >= 0.3 is 0 Å². The van der Waals surface area contributed by atoms with Crippen LogP contribution in [0.5, 0.6) is 0 Å². The number of hydrogen-bond donors (Lipinski definition) is 1. The van der Waals surface area contributed by atoms with Crippen LogP contribution < -0.4 is 4.72 Å². The summed E-state index contributed by atoms with van der Waals surface area (Å²) < 4.78 is 27.9. The zero-order valence-corrected chi connectivity index (χ0v) is 13.7. The molecule has 1 fully saturated rings. The third kappa shape index (κ3) is 3.93. The fourth-order valence-electron chi connectivity index (χ4n) is 2.07. The van der Waals surface area contributed by atoms with Crippen LogP contribution in [0.3, 0.4) is 0 Å². The zero-order valence-electron chi connectivity index (χ0n) is 9.73. The number of thiophene rings is 1. The van der Waals surface area contributed by atoms with Gasteiger partial charge in [-0.1, -0.05) is 0 Å². The van der Waals surface area contributed by atoms with Gasteiger partial charge < -0.3 is 0 Å². The Bertz CT molecular complexity index is 495. The first kappa shape index (κ1) is 14.8. The largest absolute Gasteiger partial charge is 0.250 e. The van der Waals surface area contributed by atoms with Gasteiger partial charge in [0, 0.05) is 11.9 Å². The molecule has 0 radical (unpaired) electrons. The molecule has 0 bridgehead atoms. The summed E-state index contributed by atoms with van der Waals surface area (Å²) in [7, 11) is -3.35. The highest BCUT2D eigenvalue weighted by molar-refractivity contribution is 9.11. The van der Waals surface area contributed by atoms with E-state index in [1.165, 1.54) is 11.3 Å². The minimum atomic E-state index is -3.35. The molecule has 1 heterocycles. The normalized spacial score (nSPS) is 25.2. The smallest absolute Gasteiger partial charge is 0.210 e. The van der Waals surface area contributed by atoms with E-state index < -0.39 is 10.0 Å². The van der Waals surface area contributed by atoms with Gasteiger partial charge in [-0.15, -0.1) is 22.9 Å². The van der Waals surface area contributed by atoms with Crippen molar-refractivity contribution in [2.75, 3.05) is 6.54 Å². The number of alkyl halides is 1. The maximum absolute atomic E-state index is 12.0. The minimum Gasteiger partial charge on any atom is -0.210 e. The molecule has 18 heavy (non-hydrogen) atoms. The standard InChI is InChI=1S/C11H15BrClNO2S2/c12-10-5-6-11(17-10)18(15,16)14-7-8-1-3-9(13)4-2-8/h5-6,8-9,14H,1-4,7H2. The lowest BCUT2D eigenvalue weighted by molar-refractivity contribution is 0.361. The second-order valence-electron chi connectivity index (χ2n) is 4.53. The Labute approximate surface area is 125 Å². The van der Waals surface area contributed by atoms with Crippen molar-refractivity contribution in [2.24, 2.45) is 5.92 Å². The van der Waals surface area contributed by atoms with Crippen molar-refractivity contribution in [2.45, 2.75) is 35.3 Å². The average Bonchev–Trinajstić information content (AvgIpc) is 2.76. The first-order valence-corrected chi connectivity index (χ1v) is 9.39. The van der Waals surface area contributed by atoms with Crippen LogP contribution in [0.2, 0.25) is 0 Å². The molecule has 3 nitrogen and oxygen atoms in total. The highest BCUT2D eigenvalue weighted by Gasteiger charge is 2.22. The van der Waals surface area contributed by atoms with Gasteiger partial charge in [0.2, 0.25) is 10.0 Å². The van der Waals surface area contributed by atoms with Crippen LogP contribution in [0.25, 0.3) is 0 Å². The Balaban J connectivity index is 1.90. The molecule has 1 aliphatic carbocycles. The molecule has 102 valence electrons. The van der Waals surface area contributed by atoms with Crippen molar-refractivity contribution in [1.29, 1.82) is 0 Å². The summed E-state index contributed by atoms with van der Waals surface area (Å²) in [5.41, 5.74) is 0. The summed E-state index contributed by atoms with van der Waals surface area (Å²) in [6, 6.07) is 3.37. The molecule has 0 atom stereocenters. The number of hydrogen-bond acceptors (Lipinski definition) is 3. The highest BCUT2D eigenvalue weighted by atomic mass is 79.9. The molecule has 0 aromatic carbocycles. The van der Waals surface area contributed by atoms with Gasteiger partial charge in [-0.05, 0) is 59.7 Å².